The number of rotatable bonds is 0. The van der Waals surface area contributed by atoms with Gasteiger partial charge < -0.3 is 5.73 Å². The van der Waals surface area contributed by atoms with E-state index >= 15 is 0 Å². The van der Waals surface area contributed by atoms with E-state index in [1.54, 1.807) is 0 Å². The zero-order chi connectivity index (χ0) is 7.84. The van der Waals surface area contributed by atoms with Crippen molar-refractivity contribution in [2.24, 2.45) is 12.8 Å². The number of hydrogen-bond acceptors (Lipinski definition) is 2. The molecule has 0 saturated heterocycles. The van der Waals surface area contributed by atoms with Crippen LogP contribution in [0.25, 0.3) is 0 Å². The van der Waals surface area contributed by atoms with Crippen molar-refractivity contribution in [1.29, 1.82) is 0 Å². The molecule has 3 nitrogen and oxygen atoms in total. The maximum atomic E-state index is 5.82. The number of hydrogen-bond donors (Lipinski definition) is 1. The molecule has 0 saturated carbocycles. The molecule has 0 spiro atoms. The number of aryl methyl sites for hydroxylation is 1. The minimum Gasteiger partial charge on any atom is -0.327 e. The third-order valence-electron chi connectivity index (χ3n) is 2.38. The molecule has 1 aromatic heterocycles. The third-order valence-corrected chi connectivity index (χ3v) is 2.38. The average Bonchev–Trinajstić information content (AvgIpc) is 2.32. The first-order chi connectivity index (χ1) is 5.27. The maximum absolute atomic E-state index is 5.82. The van der Waals surface area contributed by atoms with Gasteiger partial charge in [-0.3, -0.25) is 4.68 Å². The molecule has 13 heavy (non-hydrogen) atoms. The second-order valence-corrected chi connectivity index (χ2v) is 3.24. The van der Waals surface area contributed by atoms with Crippen LogP contribution in [0, 0.1) is 0 Å². The normalized spacial score (nSPS) is 19.7. The van der Waals surface area contributed by atoms with Gasteiger partial charge >= 0.3 is 0 Å². The first-order valence-corrected chi connectivity index (χ1v) is 4.02. The lowest BCUT2D eigenvalue weighted by Crippen LogP contribution is -2.28. The summed E-state index contributed by atoms with van der Waals surface area (Å²) in [5.41, 5.74) is 8.53. The van der Waals surface area contributed by atoms with Crippen LogP contribution >= 0.6 is 24.8 Å². The molecule has 76 valence electrons. The zero-order valence-electron chi connectivity index (χ0n) is 7.56. The van der Waals surface area contributed by atoms with Crippen LogP contribution in [0.2, 0.25) is 0 Å². The van der Waals surface area contributed by atoms with E-state index in [0.29, 0.717) is 6.04 Å². The van der Waals surface area contributed by atoms with E-state index in [0.717, 1.165) is 19.3 Å². The largest absolute Gasteiger partial charge is 0.327 e. The number of fused-ring (bicyclic) bond motifs is 1. The van der Waals surface area contributed by atoms with Crippen molar-refractivity contribution in [1.82, 2.24) is 9.78 Å². The van der Waals surface area contributed by atoms with Gasteiger partial charge in [-0.05, 0) is 24.8 Å². The van der Waals surface area contributed by atoms with Crippen molar-refractivity contribution in [3.05, 3.63) is 17.5 Å². The van der Waals surface area contributed by atoms with E-state index in [-0.39, 0.29) is 24.8 Å². The fourth-order valence-electron chi connectivity index (χ4n) is 1.71. The second kappa shape index (κ2) is 4.84. The average molecular weight is 224 g/mol. The Morgan fingerprint density at radius 2 is 2.23 bits per heavy atom. The molecule has 1 aliphatic rings. The first-order valence-electron chi connectivity index (χ1n) is 4.02. The van der Waals surface area contributed by atoms with E-state index in [2.05, 4.69) is 5.10 Å². The predicted octanol–water partition coefficient (Wildman–Crippen LogP) is 1.08. The molecule has 1 heterocycles. The molecule has 2 N–H and O–H groups in total. The Bertz CT molecular complexity index is 272. The van der Waals surface area contributed by atoms with Crippen LogP contribution in [-0.2, 0) is 19.9 Å². The van der Waals surface area contributed by atoms with Crippen LogP contribution in [0.15, 0.2) is 6.20 Å². The summed E-state index contributed by atoms with van der Waals surface area (Å²) in [6.07, 6.45) is 5.14. The number of nitrogens with zero attached hydrogens (tertiary/aromatic N) is 2. The molecule has 0 radical (unpaired) electrons. The Balaban J connectivity index is 0.000000720. The molecule has 2 rings (SSSR count). The molecule has 1 atom stereocenters. The molecular formula is C8H15Cl2N3. The van der Waals surface area contributed by atoms with Gasteiger partial charge in [0.2, 0.25) is 0 Å². The summed E-state index contributed by atoms with van der Waals surface area (Å²) >= 11 is 0. The fourth-order valence-corrected chi connectivity index (χ4v) is 1.71. The molecule has 1 aromatic rings. The summed E-state index contributed by atoms with van der Waals surface area (Å²) in [7, 11) is 2.00. The monoisotopic (exact) mass is 223 g/mol. The molecule has 1 aliphatic carbocycles. The van der Waals surface area contributed by atoms with E-state index in [1.807, 2.05) is 17.9 Å². The van der Waals surface area contributed by atoms with Crippen LogP contribution < -0.4 is 5.73 Å². The predicted molar refractivity (Wildman–Crippen MR) is 57.7 cm³/mol. The molecule has 0 aliphatic heterocycles. The smallest absolute Gasteiger partial charge is 0.0525 e. The summed E-state index contributed by atoms with van der Waals surface area (Å²) in [6, 6.07) is 0.353. The molecule has 1 unspecified atom stereocenters. The van der Waals surface area contributed by atoms with Crippen LogP contribution in [0.1, 0.15) is 17.7 Å². The zero-order valence-corrected chi connectivity index (χ0v) is 9.20. The van der Waals surface area contributed by atoms with Crippen molar-refractivity contribution in [3.63, 3.8) is 0 Å². The van der Waals surface area contributed by atoms with Gasteiger partial charge in [0.1, 0.15) is 0 Å². The number of halogens is 2. The SMILES string of the molecule is Cl.Cl.Cn1ncc2c1CCC(N)C2. The van der Waals surface area contributed by atoms with E-state index in [4.69, 9.17) is 5.73 Å². The number of aromatic nitrogens is 2. The van der Waals surface area contributed by atoms with Crippen LogP contribution in [0.3, 0.4) is 0 Å². The standard InChI is InChI=1S/C8H13N3.2ClH/c1-11-8-3-2-7(9)4-6(8)5-10-11;;/h5,7H,2-4,9H2,1H3;2*1H. The minimum atomic E-state index is 0. The summed E-state index contributed by atoms with van der Waals surface area (Å²) in [5, 5.41) is 4.19. The van der Waals surface area contributed by atoms with Crippen molar-refractivity contribution in [2.75, 3.05) is 0 Å². The van der Waals surface area contributed by atoms with Gasteiger partial charge in [0, 0.05) is 18.8 Å². The third kappa shape index (κ3) is 2.36. The Kier molecular flexibility index (Phi) is 4.75. The van der Waals surface area contributed by atoms with Gasteiger partial charge in [0.15, 0.2) is 0 Å². The number of nitrogens with two attached hydrogens (primary N) is 1. The van der Waals surface area contributed by atoms with Crippen molar-refractivity contribution < 1.29 is 0 Å². The molecule has 0 aromatic carbocycles. The van der Waals surface area contributed by atoms with Crippen LogP contribution in [0.5, 0.6) is 0 Å². The molecule has 5 heteroatoms. The highest BCUT2D eigenvalue weighted by Gasteiger charge is 2.17. The maximum Gasteiger partial charge on any atom is 0.0525 e. The minimum absolute atomic E-state index is 0. The summed E-state index contributed by atoms with van der Waals surface area (Å²) in [4.78, 5) is 0. The van der Waals surface area contributed by atoms with Crippen molar-refractivity contribution in [2.45, 2.75) is 25.3 Å². The van der Waals surface area contributed by atoms with E-state index in [9.17, 15) is 0 Å². The molecular weight excluding hydrogens is 209 g/mol. The highest BCUT2D eigenvalue weighted by molar-refractivity contribution is 5.85. The fraction of sp³-hybridized carbons (Fsp3) is 0.625. The lowest BCUT2D eigenvalue weighted by atomic mass is 9.94. The highest BCUT2D eigenvalue weighted by Crippen LogP contribution is 2.18. The van der Waals surface area contributed by atoms with Gasteiger partial charge in [-0.15, -0.1) is 24.8 Å². The van der Waals surface area contributed by atoms with Gasteiger partial charge in [-0.1, -0.05) is 0 Å². The molecule has 0 fully saturated rings. The lowest BCUT2D eigenvalue weighted by Gasteiger charge is -2.17. The quantitative estimate of drug-likeness (QED) is 0.716. The molecule has 0 amide bonds. The Morgan fingerprint density at radius 3 is 2.92 bits per heavy atom. The summed E-state index contributed by atoms with van der Waals surface area (Å²) in [6.45, 7) is 0. The molecule has 0 bridgehead atoms. The van der Waals surface area contributed by atoms with Gasteiger partial charge in [-0.2, -0.15) is 5.10 Å². The van der Waals surface area contributed by atoms with Gasteiger partial charge in [0.25, 0.3) is 0 Å². The van der Waals surface area contributed by atoms with Crippen LogP contribution in [-0.4, -0.2) is 15.8 Å². The van der Waals surface area contributed by atoms with E-state index < -0.39 is 0 Å². The topological polar surface area (TPSA) is 43.8 Å². The summed E-state index contributed by atoms with van der Waals surface area (Å²) in [5.74, 6) is 0. The van der Waals surface area contributed by atoms with Gasteiger partial charge in [-0.25, -0.2) is 0 Å². The van der Waals surface area contributed by atoms with Crippen molar-refractivity contribution in [3.8, 4) is 0 Å². The Hall–Kier alpha value is -0.250. The Labute approximate surface area is 90.5 Å². The first kappa shape index (κ1) is 12.8. The van der Waals surface area contributed by atoms with Crippen molar-refractivity contribution >= 4 is 24.8 Å². The van der Waals surface area contributed by atoms with E-state index in [1.165, 1.54) is 11.3 Å². The summed E-state index contributed by atoms with van der Waals surface area (Å²) < 4.78 is 1.96. The van der Waals surface area contributed by atoms with Gasteiger partial charge in [0.05, 0.1) is 6.20 Å². The Morgan fingerprint density at radius 1 is 1.54 bits per heavy atom. The second-order valence-electron chi connectivity index (χ2n) is 3.24. The lowest BCUT2D eigenvalue weighted by molar-refractivity contribution is 0.552. The highest BCUT2D eigenvalue weighted by atomic mass is 35.5. The van der Waals surface area contributed by atoms with Crippen LogP contribution in [0.4, 0.5) is 0 Å².